The lowest BCUT2D eigenvalue weighted by atomic mass is 10.6. The van der Waals surface area contributed by atoms with Crippen molar-refractivity contribution in [3.8, 4) is 0 Å². The van der Waals surface area contributed by atoms with Gasteiger partial charge in [-0.25, -0.2) is 9.18 Å². The van der Waals surface area contributed by atoms with Crippen LogP contribution < -0.4 is 10.6 Å². The molecule has 0 bridgehead atoms. The second-order valence-corrected chi connectivity index (χ2v) is 2.57. The fourth-order valence-corrected chi connectivity index (χ4v) is 0.608. The number of halogens is 1. The van der Waals surface area contributed by atoms with E-state index in [1.165, 1.54) is 4.90 Å². The van der Waals surface area contributed by atoms with E-state index >= 15 is 0 Å². The van der Waals surface area contributed by atoms with Crippen molar-refractivity contribution in [3.05, 3.63) is 0 Å². The highest BCUT2D eigenvalue weighted by atomic mass is 19.1. The predicted molar refractivity (Wildman–Crippen MR) is 45.9 cm³/mol. The molecule has 0 rings (SSSR count). The number of urea groups is 1. The van der Waals surface area contributed by atoms with E-state index in [-0.39, 0.29) is 12.7 Å². The van der Waals surface area contributed by atoms with Gasteiger partial charge in [0, 0.05) is 33.7 Å². The number of hydrogen-bond donors (Lipinski definition) is 2. The van der Waals surface area contributed by atoms with Crippen molar-refractivity contribution in [2.75, 3.05) is 40.4 Å². The Bertz CT molecular complexity index is 130. The highest BCUT2D eigenvalue weighted by Gasteiger charge is 1.99. The number of amides is 2. The lowest BCUT2D eigenvalue weighted by molar-refractivity contribution is 0.217. The summed E-state index contributed by atoms with van der Waals surface area (Å²) in [5.74, 6) is 0. The van der Waals surface area contributed by atoms with Crippen molar-refractivity contribution >= 4 is 6.03 Å². The first kappa shape index (κ1) is 11.2. The summed E-state index contributed by atoms with van der Waals surface area (Å²) in [6.07, 6.45) is 0. The molecule has 4 nitrogen and oxygen atoms in total. The summed E-state index contributed by atoms with van der Waals surface area (Å²) in [5.41, 5.74) is 0. The molecule has 0 fully saturated rings. The molecule has 12 heavy (non-hydrogen) atoms. The second kappa shape index (κ2) is 6.84. The molecule has 0 aliphatic heterocycles. The van der Waals surface area contributed by atoms with Crippen molar-refractivity contribution in [2.24, 2.45) is 0 Å². The molecule has 0 aliphatic rings. The molecule has 0 saturated carbocycles. The lowest BCUT2D eigenvalue weighted by Crippen LogP contribution is -2.38. The van der Waals surface area contributed by atoms with Crippen LogP contribution in [0.4, 0.5) is 9.18 Å². The van der Waals surface area contributed by atoms with Gasteiger partial charge in [0.05, 0.1) is 0 Å². The van der Waals surface area contributed by atoms with Crippen molar-refractivity contribution in [1.29, 1.82) is 0 Å². The molecular formula is C7H16FN3O. The Balaban J connectivity index is 3.14. The first-order chi connectivity index (χ1) is 5.68. The zero-order valence-corrected chi connectivity index (χ0v) is 7.56. The first-order valence-electron chi connectivity index (χ1n) is 3.90. The average Bonchev–Trinajstić information content (AvgIpc) is 2.03. The lowest BCUT2D eigenvalue weighted by Gasteiger charge is -2.11. The number of nitrogens with one attached hydrogen (secondary N) is 2. The normalized spacial score (nSPS) is 9.58. The molecule has 0 atom stereocenters. The van der Waals surface area contributed by atoms with Gasteiger partial charge in [-0.3, -0.25) is 0 Å². The Morgan fingerprint density at radius 2 is 2.00 bits per heavy atom. The molecule has 0 unspecified atom stereocenters. The summed E-state index contributed by atoms with van der Waals surface area (Å²) < 4.78 is 11.5. The monoisotopic (exact) mass is 177 g/mol. The van der Waals surface area contributed by atoms with Crippen LogP contribution in [-0.4, -0.2) is 51.3 Å². The highest BCUT2D eigenvalue weighted by molar-refractivity contribution is 5.73. The number of carbonyl (C=O) groups is 1. The molecule has 2 N–H and O–H groups in total. The fourth-order valence-electron chi connectivity index (χ4n) is 0.608. The number of hydrogen-bond acceptors (Lipinski definition) is 2. The number of rotatable bonds is 5. The van der Waals surface area contributed by atoms with E-state index in [2.05, 4.69) is 10.6 Å². The molecular weight excluding hydrogens is 161 g/mol. The number of carbonyl (C=O) groups excluding carboxylic acids is 1. The molecule has 2 amide bonds. The van der Waals surface area contributed by atoms with Crippen LogP contribution in [0, 0.1) is 0 Å². The minimum atomic E-state index is -0.373. The van der Waals surface area contributed by atoms with Gasteiger partial charge >= 0.3 is 6.03 Å². The number of alkyl halides is 1. The van der Waals surface area contributed by atoms with Crippen LogP contribution in [0.2, 0.25) is 0 Å². The molecule has 0 aromatic carbocycles. The molecule has 0 heterocycles. The van der Waals surface area contributed by atoms with E-state index in [9.17, 15) is 9.18 Å². The summed E-state index contributed by atoms with van der Waals surface area (Å²) in [6, 6.07) is -0.128. The SMILES string of the molecule is CN(C)C(=O)NCCNCCF. The first-order valence-corrected chi connectivity index (χ1v) is 3.90. The molecule has 0 saturated heterocycles. The Labute approximate surface area is 72.1 Å². The smallest absolute Gasteiger partial charge is 0.316 e. The summed E-state index contributed by atoms with van der Waals surface area (Å²) in [4.78, 5) is 12.3. The van der Waals surface area contributed by atoms with Crippen molar-refractivity contribution in [1.82, 2.24) is 15.5 Å². The van der Waals surface area contributed by atoms with E-state index in [4.69, 9.17) is 0 Å². The zero-order valence-electron chi connectivity index (χ0n) is 7.56. The molecule has 0 aromatic heterocycles. The van der Waals surface area contributed by atoms with Crippen molar-refractivity contribution in [3.63, 3.8) is 0 Å². The Morgan fingerprint density at radius 3 is 2.50 bits per heavy atom. The molecule has 0 aliphatic carbocycles. The Morgan fingerprint density at radius 1 is 1.33 bits per heavy atom. The molecule has 0 radical (unpaired) electrons. The van der Waals surface area contributed by atoms with E-state index in [0.717, 1.165) is 0 Å². The van der Waals surface area contributed by atoms with Crippen LogP contribution in [0.3, 0.4) is 0 Å². The maximum atomic E-state index is 11.5. The predicted octanol–water partition coefficient (Wildman–Crippen LogP) is -0.183. The van der Waals surface area contributed by atoms with Gasteiger partial charge in [-0.2, -0.15) is 0 Å². The van der Waals surface area contributed by atoms with Gasteiger partial charge in [-0.05, 0) is 0 Å². The van der Waals surface area contributed by atoms with Crippen LogP contribution in [0.5, 0.6) is 0 Å². The third-order valence-corrected chi connectivity index (χ3v) is 1.26. The van der Waals surface area contributed by atoms with Gasteiger partial charge in [-0.15, -0.1) is 0 Å². The van der Waals surface area contributed by atoms with E-state index in [1.807, 2.05) is 0 Å². The van der Waals surface area contributed by atoms with Crippen LogP contribution in [0.1, 0.15) is 0 Å². The zero-order chi connectivity index (χ0) is 9.40. The highest BCUT2D eigenvalue weighted by Crippen LogP contribution is 1.74. The molecule has 5 heteroatoms. The summed E-state index contributed by atoms with van der Waals surface area (Å²) in [5, 5.41) is 5.46. The third-order valence-electron chi connectivity index (χ3n) is 1.26. The van der Waals surface area contributed by atoms with Gasteiger partial charge < -0.3 is 15.5 Å². The third kappa shape index (κ3) is 5.91. The van der Waals surface area contributed by atoms with Gasteiger partial charge in [0.25, 0.3) is 0 Å². The summed E-state index contributed by atoms with van der Waals surface area (Å²) >= 11 is 0. The van der Waals surface area contributed by atoms with Crippen LogP contribution in [0.25, 0.3) is 0 Å². The van der Waals surface area contributed by atoms with Crippen LogP contribution in [-0.2, 0) is 0 Å². The summed E-state index contributed by atoms with van der Waals surface area (Å²) in [6.45, 7) is 1.10. The van der Waals surface area contributed by atoms with Crippen LogP contribution >= 0.6 is 0 Å². The Hall–Kier alpha value is -0.840. The van der Waals surface area contributed by atoms with Gasteiger partial charge in [0.15, 0.2) is 0 Å². The fraction of sp³-hybridized carbons (Fsp3) is 0.857. The van der Waals surface area contributed by atoms with Gasteiger partial charge in [0.2, 0.25) is 0 Å². The maximum Gasteiger partial charge on any atom is 0.316 e. The second-order valence-electron chi connectivity index (χ2n) is 2.57. The van der Waals surface area contributed by atoms with Crippen molar-refractivity contribution < 1.29 is 9.18 Å². The quantitative estimate of drug-likeness (QED) is 0.572. The minimum Gasteiger partial charge on any atom is -0.337 e. The van der Waals surface area contributed by atoms with Gasteiger partial charge in [-0.1, -0.05) is 0 Å². The van der Waals surface area contributed by atoms with E-state index < -0.39 is 0 Å². The minimum absolute atomic E-state index is 0.128. The largest absolute Gasteiger partial charge is 0.337 e. The molecule has 72 valence electrons. The topological polar surface area (TPSA) is 44.4 Å². The molecule has 0 spiro atoms. The van der Waals surface area contributed by atoms with Gasteiger partial charge in [0.1, 0.15) is 6.67 Å². The van der Waals surface area contributed by atoms with E-state index in [0.29, 0.717) is 19.6 Å². The Kier molecular flexibility index (Phi) is 6.37. The van der Waals surface area contributed by atoms with Crippen LogP contribution in [0.15, 0.2) is 0 Å². The molecule has 0 aromatic rings. The van der Waals surface area contributed by atoms with Crippen molar-refractivity contribution in [2.45, 2.75) is 0 Å². The van der Waals surface area contributed by atoms with E-state index in [1.54, 1.807) is 14.1 Å². The maximum absolute atomic E-state index is 11.5. The summed E-state index contributed by atoms with van der Waals surface area (Å²) in [7, 11) is 3.34. The number of nitrogens with zero attached hydrogens (tertiary/aromatic N) is 1. The standard InChI is InChI=1S/C7H16FN3O/c1-11(2)7(12)10-6-5-9-4-3-8/h9H,3-6H2,1-2H3,(H,10,12). The average molecular weight is 177 g/mol.